The summed E-state index contributed by atoms with van der Waals surface area (Å²) in [6.45, 7) is 11.5. The van der Waals surface area contributed by atoms with Gasteiger partial charge in [-0.2, -0.15) is 0 Å². The number of nitrogens with zero attached hydrogens (tertiary/aromatic N) is 6. The van der Waals surface area contributed by atoms with Gasteiger partial charge >= 0.3 is 5.97 Å². The van der Waals surface area contributed by atoms with Gasteiger partial charge in [0, 0.05) is 63.7 Å². The lowest BCUT2D eigenvalue weighted by molar-refractivity contribution is -0.991. The number of hydrogen-bond donors (Lipinski definition) is 3. The fourth-order valence-corrected chi connectivity index (χ4v) is 9.15. The minimum Gasteiger partial charge on any atom is -0.507 e. The number of aromatic hydroxyl groups is 1. The zero-order valence-corrected chi connectivity index (χ0v) is 24.9. The topological polar surface area (TPSA) is 105 Å². The van der Waals surface area contributed by atoms with Gasteiger partial charge < -0.3 is 24.9 Å². The van der Waals surface area contributed by atoms with Crippen LogP contribution in [0.3, 0.4) is 0 Å². The van der Waals surface area contributed by atoms with Crippen LogP contribution in [0.1, 0.15) is 38.5 Å². The molecule has 1 aromatic carbocycles. The number of carboxylic acids is 1. The number of phenolic OH excluding ortho intramolecular Hbond substituents is 1. The van der Waals surface area contributed by atoms with E-state index in [9.17, 15) is 15.0 Å². The number of aromatic nitrogens is 2. The molecule has 10 heteroatoms. The molecule has 0 atom stereocenters. The summed E-state index contributed by atoms with van der Waals surface area (Å²) in [4.78, 5) is 19.1. The number of piperidine rings is 2. The Morgan fingerprint density at radius 2 is 1.57 bits per heavy atom. The summed E-state index contributed by atoms with van der Waals surface area (Å²) in [5, 5.41) is 31.6. The maximum Gasteiger partial charge on any atom is 0.306 e. The number of hydrogen-bond acceptors (Lipinski definition) is 8. The van der Waals surface area contributed by atoms with E-state index in [1.54, 1.807) is 6.07 Å². The van der Waals surface area contributed by atoms with E-state index in [1.807, 2.05) is 25.2 Å². The average Bonchev–Trinajstić information content (AvgIpc) is 2.99. The lowest BCUT2D eigenvalue weighted by Gasteiger charge is -2.64. The highest BCUT2D eigenvalue weighted by Crippen LogP contribution is 2.56. The van der Waals surface area contributed by atoms with E-state index in [4.69, 9.17) is 0 Å². The Balaban J connectivity index is 0.881. The summed E-state index contributed by atoms with van der Waals surface area (Å²) in [5.74, 6) is 0.335. The maximum atomic E-state index is 11.3. The van der Waals surface area contributed by atoms with Crippen LogP contribution < -0.4 is 10.2 Å². The molecule has 0 amide bonds. The molecule has 42 heavy (non-hydrogen) atoms. The van der Waals surface area contributed by atoms with Crippen LogP contribution in [-0.2, 0) is 4.79 Å². The molecule has 3 N–H and O–H groups in total. The second kappa shape index (κ2) is 11.0. The lowest BCUT2D eigenvalue weighted by atomic mass is 9.56. The molecule has 7 rings (SSSR count). The summed E-state index contributed by atoms with van der Waals surface area (Å²) in [6.07, 6.45) is 6.96. The van der Waals surface area contributed by atoms with E-state index >= 15 is 0 Å². The standard InChI is InChI=1S/C32H45N7O3/c1-33-30-28(18-27(34-35-30)26-4-2-3-5-29(26)40)38-14-12-37(13-15-38)24-6-10-36(11-7-24)25-8-16-39(17-9-25)21-32(22-39)19-23(20-32)31(41)42/h2-5,18,23-25H,6-17,19-22H2,1H3,(H2-,33,34,35,40,41,42)/p+1. The van der Waals surface area contributed by atoms with Crippen LogP contribution in [-0.4, -0.2) is 125 Å². The second-order valence-electron chi connectivity index (χ2n) is 13.8. The molecule has 2 spiro atoms. The number of phenols is 1. The predicted molar refractivity (Wildman–Crippen MR) is 163 cm³/mol. The summed E-state index contributed by atoms with van der Waals surface area (Å²) < 4.78 is 1.26. The number of carboxylic acid groups (broad SMARTS) is 1. The van der Waals surface area contributed by atoms with Crippen molar-refractivity contribution in [2.75, 3.05) is 82.7 Å². The number of anilines is 2. The van der Waals surface area contributed by atoms with Crippen molar-refractivity contribution < 1.29 is 19.5 Å². The summed E-state index contributed by atoms with van der Waals surface area (Å²) >= 11 is 0. The van der Waals surface area contributed by atoms with Crippen LogP contribution in [0.5, 0.6) is 5.75 Å². The zero-order chi connectivity index (χ0) is 28.9. The van der Waals surface area contributed by atoms with Gasteiger partial charge in [0.15, 0.2) is 5.82 Å². The van der Waals surface area contributed by atoms with E-state index in [0.717, 1.165) is 56.6 Å². The molecule has 5 aliphatic rings. The van der Waals surface area contributed by atoms with Crippen LogP contribution >= 0.6 is 0 Å². The van der Waals surface area contributed by atoms with Gasteiger partial charge in [0.05, 0.1) is 48.9 Å². The molecular weight excluding hydrogens is 530 g/mol. The Hall–Kier alpha value is -2.95. The maximum absolute atomic E-state index is 11.3. The number of aliphatic carboxylic acids is 1. The van der Waals surface area contributed by atoms with Gasteiger partial charge in [0.2, 0.25) is 0 Å². The predicted octanol–water partition coefficient (Wildman–Crippen LogP) is 2.95. The highest BCUT2D eigenvalue weighted by molar-refractivity contribution is 5.75. The van der Waals surface area contributed by atoms with Crippen molar-refractivity contribution in [3.63, 3.8) is 0 Å². The third-order valence-corrected chi connectivity index (χ3v) is 11.3. The molecule has 0 radical (unpaired) electrons. The molecule has 1 aliphatic carbocycles. The van der Waals surface area contributed by atoms with Crippen LogP contribution in [0.2, 0.25) is 0 Å². The number of rotatable bonds is 6. The largest absolute Gasteiger partial charge is 0.507 e. The van der Waals surface area contributed by atoms with Gasteiger partial charge in [-0.25, -0.2) is 0 Å². The van der Waals surface area contributed by atoms with Crippen molar-refractivity contribution in [1.29, 1.82) is 0 Å². The zero-order valence-electron chi connectivity index (χ0n) is 24.9. The van der Waals surface area contributed by atoms with Gasteiger partial charge in [-0.15, -0.1) is 10.2 Å². The molecular formula is C32H46N7O3+. The number of carbonyl (C=O) groups is 1. The Kier molecular flexibility index (Phi) is 7.27. The minimum atomic E-state index is -0.587. The SMILES string of the molecule is CNc1nnc(-c2ccccc2O)cc1N1CCN(C2CCN(C3CC[N+]4(CC3)CC3(CC(C(=O)O)C3)C4)CC2)CC1. The Labute approximate surface area is 248 Å². The number of nitrogens with one attached hydrogen (secondary N) is 1. The molecule has 4 saturated heterocycles. The number of quaternary nitrogens is 1. The molecule has 0 unspecified atom stereocenters. The second-order valence-corrected chi connectivity index (χ2v) is 13.8. The molecule has 226 valence electrons. The van der Waals surface area contributed by atoms with Gasteiger partial charge in [0.1, 0.15) is 5.75 Å². The van der Waals surface area contributed by atoms with Crippen molar-refractivity contribution in [2.24, 2.45) is 11.3 Å². The Bertz CT molecular complexity index is 1280. The van der Waals surface area contributed by atoms with E-state index < -0.39 is 5.97 Å². The molecule has 1 saturated carbocycles. The molecule has 0 bridgehead atoms. The lowest BCUT2D eigenvalue weighted by Crippen LogP contribution is -2.75. The third-order valence-electron chi connectivity index (χ3n) is 11.3. The number of likely N-dealkylation sites (tertiary alicyclic amines) is 1. The van der Waals surface area contributed by atoms with Crippen molar-refractivity contribution >= 4 is 17.5 Å². The van der Waals surface area contributed by atoms with Crippen molar-refractivity contribution in [2.45, 2.75) is 50.6 Å². The quantitative estimate of drug-likeness (QED) is 0.448. The molecule has 10 nitrogen and oxygen atoms in total. The van der Waals surface area contributed by atoms with Crippen LogP contribution in [0.4, 0.5) is 11.5 Å². The third kappa shape index (κ3) is 5.11. The van der Waals surface area contributed by atoms with E-state index in [1.165, 1.54) is 69.4 Å². The number of piperazine rings is 1. The monoisotopic (exact) mass is 576 g/mol. The smallest absolute Gasteiger partial charge is 0.306 e. The van der Waals surface area contributed by atoms with Gasteiger partial charge in [0.25, 0.3) is 0 Å². The first kappa shape index (κ1) is 27.9. The van der Waals surface area contributed by atoms with Crippen molar-refractivity contribution in [1.82, 2.24) is 20.0 Å². The first-order valence-electron chi connectivity index (χ1n) is 16.0. The number of para-hydroxylation sites is 1. The van der Waals surface area contributed by atoms with E-state index in [-0.39, 0.29) is 11.7 Å². The first-order valence-corrected chi connectivity index (χ1v) is 16.0. The normalized spacial score (nSPS) is 32.5. The average molecular weight is 577 g/mol. The fourth-order valence-electron chi connectivity index (χ4n) is 9.15. The van der Waals surface area contributed by atoms with Gasteiger partial charge in [-0.3, -0.25) is 14.6 Å². The summed E-state index contributed by atoms with van der Waals surface area (Å²) in [6, 6.07) is 10.7. The molecule has 5 fully saturated rings. The Morgan fingerprint density at radius 3 is 2.21 bits per heavy atom. The van der Waals surface area contributed by atoms with Gasteiger partial charge in [-0.05, 0) is 57.0 Å². The van der Waals surface area contributed by atoms with Crippen LogP contribution in [0.25, 0.3) is 11.3 Å². The van der Waals surface area contributed by atoms with Gasteiger partial charge in [-0.1, -0.05) is 12.1 Å². The minimum absolute atomic E-state index is 0.0754. The highest BCUT2D eigenvalue weighted by Gasteiger charge is 2.63. The fraction of sp³-hybridized carbons (Fsp3) is 0.656. The number of benzene rings is 1. The van der Waals surface area contributed by atoms with Crippen LogP contribution in [0, 0.1) is 11.3 Å². The Morgan fingerprint density at radius 1 is 0.929 bits per heavy atom. The first-order chi connectivity index (χ1) is 20.4. The van der Waals surface area contributed by atoms with E-state index in [0.29, 0.717) is 22.7 Å². The van der Waals surface area contributed by atoms with E-state index in [2.05, 4.69) is 36.3 Å². The highest BCUT2D eigenvalue weighted by atomic mass is 16.4. The van der Waals surface area contributed by atoms with Crippen LogP contribution in [0.15, 0.2) is 30.3 Å². The summed E-state index contributed by atoms with van der Waals surface area (Å²) in [7, 11) is 1.88. The summed E-state index contributed by atoms with van der Waals surface area (Å²) in [5.41, 5.74) is 2.81. The van der Waals surface area contributed by atoms with Crippen molar-refractivity contribution in [3.8, 4) is 17.0 Å². The molecule has 1 aromatic heterocycles. The molecule has 5 heterocycles. The van der Waals surface area contributed by atoms with Crippen molar-refractivity contribution in [3.05, 3.63) is 30.3 Å². The molecule has 4 aliphatic heterocycles. The molecule has 2 aromatic rings.